The first-order chi connectivity index (χ1) is 5.20. The molecule has 0 aliphatic carbocycles. The molecule has 11 heavy (non-hydrogen) atoms. The summed E-state index contributed by atoms with van der Waals surface area (Å²) in [5, 5.41) is 0. The van der Waals surface area contributed by atoms with Gasteiger partial charge in [-0.25, -0.2) is 4.79 Å². The van der Waals surface area contributed by atoms with Crippen LogP contribution in [0.3, 0.4) is 0 Å². The lowest BCUT2D eigenvalue weighted by Gasteiger charge is -2.19. The van der Waals surface area contributed by atoms with Crippen molar-refractivity contribution in [3.63, 3.8) is 0 Å². The predicted molar refractivity (Wildman–Crippen MR) is 41.9 cm³/mol. The van der Waals surface area contributed by atoms with Gasteiger partial charge in [0.25, 0.3) is 0 Å². The summed E-state index contributed by atoms with van der Waals surface area (Å²) >= 11 is 0. The molecule has 3 nitrogen and oxygen atoms in total. The smallest absolute Gasteiger partial charge is 0.338 e. The van der Waals surface area contributed by atoms with Gasteiger partial charge in [0.15, 0.2) is 0 Å². The Bertz CT molecular complexity index is 163. The van der Waals surface area contributed by atoms with Crippen molar-refractivity contribution in [2.75, 3.05) is 6.61 Å². The van der Waals surface area contributed by atoms with E-state index in [0.29, 0.717) is 12.2 Å². The fraction of sp³-hybridized carbons (Fsp3) is 0.375. The van der Waals surface area contributed by atoms with E-state index in [-0.39, 0.29) is 5.97 Å². The van der Waals surface area contributed by atoms with Gasteiger partial charge in [-0.3, -0.25) is 0 Å². The van der Waals surface area contributed by atoms with Crippen LogP contribution in [0, 0.1) is 0 Å². The summed E-state index contributed by atoms with van der Waals surface area (Å²) in [5.74, 6) is -0.353. The summed E-state index contributed by atoms with van der Waals surface area (Å²) in [4.78, 5) is 10.6. The van der Waals surface area contributed by atoms with Gasteiger partial charge >= 0.3 is 5.97 Å². The van der Waals surface area contributed by atoms with Gasteiger partial charge < -0.3 is 9.47 Å². The predicted octanol–water partition coefficient (Wildman–Crippen LogP) is 1.26. The third-order valence-electron chi connectivity index (χ3n) is 1.05. The van der Waals surface area contributed by atoms with Crippen molar-refractivity contribution >= 4 is 5.97 Å². The molecule has 1 aliphatic heterocycles. The van der Waals surface area contributed by atoms with Gasteiger partial charge in [-0.15, -0.1) is 13.2 Å². The highest BCUT2D eigenvalue weighted by molar-refractivity contribution is 5.88. The highest BCUT2D eigenvalue weighted by Crippen LogP contribution is 2.08. The van der Waals surface area contributed by atoms with E-state index in [4.69, 9.17) is 4.74 Å². The van der Waals surface area contributed by atoms with Crippen molar-refractivity contribution in [1.29, 1.82) is 0 Å². The summed E-state index contributed by atoms with van der Waals surface area (Å²) < 4.78 is 9.56. The van der Waals surface area contributed by atoms with E-state index in [1.807, 2.05) is 0 Å². The highest BCUT2D eigenvalue weighted by Gasteiger charge is 2.19. The first-order valence-corrected chi connectivity index (χ1v) is 3.20. The number of carbonyl (C=O) groups excluding carboxylic acids is 1. The molecule has 0 bridgehead atoms. The molecule has 0 aromatic heterocycles. The Morgan fingerprint density at radius 2 is 2.09 bits per heavy atom. The molecule has 0 saturated carbocycles. The number of rotatable bonds is 0. The zero-order valence-corrected chi connectivity index (χ0v) is 6.63. The maximum Gasteiger partial charge on any atom is 0.338 e. The first-order valence-electron chi connectivity index (χ1n) is 3.20. The minimum atomic E-state index is -0.414. The van der Waals surface area contributed by atoms with E-state index in [9.17, 15) is 4.79 Å². The van der Waals surface area contributed by atoms with Crippen molar-refractivity contribution < 1.29 is 14.3 Å². The van der Waals surface area contributed by atoms with Gasteiger partial charge in [-0.1, -0.05) is 6.58 Å². The molecule has 0 radical (unpaired) electrons. The third kappa shape index (κ3) is 3.00. The van der Waals surface area contributed by atoms with E-state index in [0.717, 1.165) is 0 Å². The summed E-state index contributed by atoms with van der Waals surface area (Å²) in [5.41, 5.74) is 0.383. The van der Waals surface area contributed by atoms with Gasteiger partial charge in [-0.05, 0) is 6.92 Å². The average Bonchev–Trinajstić information content (AvgIpc) is 2.02. The number of hydrogen-bond acceptors (Lipinski definition) is 3. The van der Waals surface area contributed by atoms with E-state index in [1.165, 1.54) is 0 Å². The Kier molecular flexibility index (Phi) is 4.22. The number of hydrogen-bond donors (Lipinski definition) is 0. The van der Waals surface area contributed by atoms with Crippen LogP contribution in [-0.4, -0.2) is 18.9 Å². The van der Waals surface area contributed by atoms with E-state index < -0.39 is 6.29 Å². The van der Waals surface area contributed by atoms with Crippen LogP contribution >= 0.6 is 0 Å². The molecule has 1 heterocycles. The lowest BCUT2D eigenvalue weighted by Crippen LogP contribution is -2.27. The van der Waals surface area contributed by atoms with Crippen LogP contribution in [0.2, 0.25) is 0 Å². The maximum absolute atomic E-state index is 10.6. The van der Waals surface area contributed by atoms with Gasteiger partial charge in [-0.2, -0.15) is 0 Å². The molecule has 0 aromatic carbocycles. The molecule has 0 aromatic rings. The normalized spacial score (nSPS) is 23.2. The monoisotopic (exact) mass is 156 g/mol. The van der Waals surface area contributed by atoms with Crippen LogP contribution in [0.15, 0.2) is 25.3 Å². The van der Waals surface area contributed by atoms with Crippen LogP contribution in [0.25, 0.3) is 0 Å². The van der Waals surface area contributed by atoms with E-state index in [2.05, 4.69) is 24.5 Å². The van der Waals surface area contributed by atoms with Gasteiger partial charge in [0.1, 0.15) is 0 Å². The SMILES string of the molecule is C=C.C=C1CO[C@H](C)OC1=O. The lowest BCUT2D eigenvalue weighted by atomic mass is 10.3. The second kappa shape index (κ2) is 4.68. The molecule has 1 fully saturated rings. The fourth-order valence-electron chi connectivity index (χ4n) is 0.545. The van der Waals surface area contributed by atoms with Crippen molar-refractivity contribution in [1.82, 2.24) is 0 Å². The Morgan fingerprint density at radius 1 is 1.55 bits per heavy atom. The summed E-state index contributed by atoms with van der Waals surface area (Å²) in [6, 6.07) is 0. The molecule has 1 aliphatic rings. The van der Waals surface area contributed by atoms with Crippen molar-refractivity contribution in [2.45, 2.75) is 13.2 Å². The molecule has 3 heteroatoms. The summed E-state index contributed by atoms with van der Waals surface area (Å²) in [6.45, 7) is 11.4. The lowest BCUT2D eigenvalue weighted by molar-refractivity contribution is -0.180. The molecular formula is C8H12O3. The quantitative estimate of drug-likeness (QED) is 0.301. The zero-order chi connectivity index (χ0) is 8.85. The van der Waals surface area contributed by atoms with Gasteiger partial charge in [0, 0.05) is 0 Å². The Balaban J connectivity index is 0.000000461. The minimum absolute atomic E-state index is 0.292. The minimum Gasteiger partial charge on any atom is -0.433 e. The highest BCUT2D eigenvalue weighted by atomic mass is 16.7. The van der Waals surface area contributed by atoms with E-state index in [1.54, 1.807) is 6.92 Å². The first kappa shape index (κ1) is 9.91. The average molecular weight is 156 g/mol. The van der Waals surface area contributed by atoms with Crippen LogP contribution in [0.1, 0.15) is 6.92 Å². The standard InChI is InChI=1S/C6H8O3.C2H4/c1-4-3-8-5(2)9-6(4)7;1-2/h5H,1,3H2,2H3;1-2H2/t5-;/m0./s1. The molecule has 0 N–H and O–H groups in total. The van der Waals surface area contributed by atoms with E-state index >= 15 is 0 Å². The molecule has 1 saturated heterocycles. The molecule has 62 valence electrons. The van der Waals surface area contributed by atoms with Crippen molar-refractivity contribution in [3.05, 3.63) is 25.3 Å². The molecule has 0 spiro atoms. The molecular weight excluding hydrogens is 144 g/mol. The number of ether oxygens (including phenoxy) is 2. The maximum atomic E-state index is 10.6. The molecule has 1 rings (SSSR count). The number of esters is 1. The van der Waals surface area contributed by atoms with Crippen LogP contribution in [0.4, 0.5) is 0 Å². The van der Waals surface area contributed by atoms with Gasteiger partial charge in [0.2, 0.25) is 6.29 Å². The molecule has 0 unspecified atom stereocenters. The number of carbonyl (C=O) groups is 1. The fourth-order valence-corrected chi connectivity index (χ4v) is 0.545. The third-order valence-corrected chi connectivity index (χ3v) is 1.05. The number of cyclic esters (lactones) is 1. The summed E-state index contributed by atoms with van der Waals surface area (Å²) in [6.07, 6.45) is -0.414. The molecule has 1 atom stereocenters. The van der Waals surface area contributed by atoms with Crippen LogP contribution in [-0.2, 0) is 14.3 Å². The van der Waals surface area contributed by atoms with Gasteiger partial charge in [0.05, 0.1) is 12.2 Å². The van der Waals surface area contributed by atoms with Crippen molar-refractivity contribution in [3.8, 4) is 0 Å². The molecule has 0 amide bonds. The Hall–Kier alpha value is -1.09. The van der Waals surface area contributed by atoms with Crippen molar-refractivity contribution in [2.24, 2.45) is 0 Å². The zero-order valence-electron chi connectivity index (χ0n) is 6.63. The summed E-state index contributed by atoms with van der Waals surface area (Å²) in [7, 11) is 0. The second-order valence-corrected chi connectivity index (χ2v) is 1.89. The largest absolute Gasteiger partial charge is 0.433 e. The second-order valence-electron chi connectivity index (χ2n) is 1.89. The van der Waals surface area contributed by atoms with Crippen LogP contribution < -0.4 is 0 Å². The topological polar surface area (TPSA) is 35.5 Å². The Labute approximate surface area is 66.3 Å². The Morgan fingerprint density at radius 3 is 2.45 bits per heavy atom. The van der Waals surface area contributed by atoms with Crippen LogP contribution in [0.5, 0.6) is 0 Å².